The molecule has 0 bridgehead atoms. The minimum Gasteiger partial charge on any atom is -0.348 e. The number of nitrogens with one attached hydrogen (secondary N) is 4. The molecule has 39 heavy (non-hydrogen) atoms. The average molecular weight is 527 g/mol. The quantitative estimate of drug-likeness (QED) is 0.209. The number of aromatic amines is 1. The number of aromatic nitrogens is 2. The highest BCUT2D eigenvalue weighted by atomic mass is 16.2. The summed E-state index contributed by atoms with van der Waals surface area (Å²) in [5.41, 5.74) is 2.63. The molecule has 8 nitrogen and oxygen atoms in total. The highest BCUT2D eigenvalue weighted by Gasteiger charge is 2.23. The van der Waals surface area contributed by atoms with E-state index in [9.17, 15) is 9.59 Å². The lowest BCUT2D eigenvalue weighted by Crippen LogP contribution is -2.47. The molecule has 0 radical (unpaired) electrons. The van der Waals surface area contributed by atoms with Crippen molar-refractivity contribution in [2.75, 3.05) is 20.6 Å². The lowest BCUT2D eigenvalue weighted by Gasteiger charge is -2.23. The van der Waals surface area contributed by atoms with E-state index in [0.717, 1.165) is 40.7 Å². The number of H-pyrrole nitrogens is 1. The van der Waals surface area contributed by atoms with Gasteiger partial charge in [-0.2, -0.15) is 0 Å². The highest BCUT2D eigenvalue weighted by Crippen LogP contribution is 2.24. The van der Waals surface area contributed by atoms with E-state index in [0.29, 0.717) is 25.1 Å². The lowest BCUT2D eigenvalue weighted by atomic mass is 9.99. The van der Waals surface area contributed by atoms with Crippen molar-refractivity contribution in [2.24, 2.45) is 0 Å². The molecule has 3 aromatic carbocycles. The van der Waals surface area contributed by atoms with Gasteiger partial charge in [-0.1, -0.05) is 54.6 Å². The largest absolute Gasteiger partial charge is 0.348 e. The first-order valence-electron chi connectivity index (χ1n) is 13.4. The van der Waals surface area contributed by atoms with Gasteiger partial charge in [0.25, 0.3) is 5.91 Å². The van der Waals surface area contributed by atoms with Gasteiger partial charge in [0.15, 0.2) is 0 Å². The number of imidazole rings is 1. The van der Waals surface area contributed by atoms with Crippen LogP contribution in [0, 0.1) is 0 Å². The maximum Gasteiger partial charge on any atom is 0.251 e. The van der Waals surface area contributed by atoms with Crippen molar-refractivity contribution < 1.29 is 9.59 Å². The van der Waals surface area contributed by atoms with Crippen LogP contribution in [0.2, 0.25) is 0 Å². The van der Waals surface area contributed by atoms with Gasteiger partial charge in [-0.15, -0.1) is 0 Å². The minimum absolute atomic E-state index is 0.179. The third kappa shape index (κ3) is 7.99. The van der Waals surface area contributed by atoms with Crippen LogP contribution < -0.4 is 16.0 Å². The summed E-state index contributed by atoms with van der Waals surface area (Å²) >= 11 is 0. The van der Waals surface area contributed by atoms with Gasteiger partial charge in [0, 0.05) is 24.5 Å². The molecule has 1 aromatic heterocycles. The molecule has 8 heteroatoms. The summed E-state index contributed by atoms with van der Waals surface area (Å²) in [4.78, 5) is 35.9. The first-order valence-corrected chi connectivity index (χ1v) is 13.4. The molecule has 2 atom stereocenters. The molecule has 0 aliphatic heterocycles. The predicted molar refractivity (Wildman–Crippen MR) is 155 cm³/mol. The molecule has 0 spiro atoms. The fourth-order valence-corrected chi connectivity index (χ4v) is 4.64. The van der Waals surface area contributed by atoms with Crippen molar-refractivity contribution in [1.29, 1.82) is 0 Å². The Morgan fingerprint density at radius 1 is 0.949 bits per heavy atom. The number of hydrogen-bond donors (Lipinski definition) is 4. The van der Waals surface area contributed by atoms with Crippen LogP contribution in [-0.2, 0) is 17.9 Å². The van der Waals surface area contributed by atoms with Crippen LogP contribution >= 0.6 is 0 Å². The number of hydrogen-bond acceptors (Lipinski definition) is 5. The molecule has 204 valence electrons. The van der Waals surface area contributed by atoms with Gasteiger partial charge < -0.3 is 25.8 Å². The lowest BCUT2D eigenvalue weighted by molar-refractivity contribution is -0.123. The molecule has 4 aromatic rings. The second-order valence-electron chi connectivity index (χ2n) is 10.1. The number of carbonyl (C=O) groups excluding carboxylic acids is 2. The zero-order chi connectivity index (χ0) is 27.6. The minimum atomic E-state index is -0.635. The van der Waals surface area contributed by atoms with Crippen LogP contribution in [0.15, 0.2) is 79.1 Å². The Hall–Kier alpha value is -4.01. The molecule has 4 rings (SSSR count). The second-order valence-corrected chi connectivity index (χ2v) is 10.1. The first kappa shape index (κ1) is 28.0. The summed E-state index contributed by atoms with van der Waals surface area (Å²) in [6.45, 7) is 4.11. The van der Waals surface area contributed by atoms with E-state index in [1.54, 1.807) is 24.5 Å². The smallest absolute Gasteiger partial charge is 0.251 e. The molecule has 1 heterocycles. The molecule has 0 saturated heterocycles. The summed E-state index contributed by atoms with van der Waals surface area (Å²) < 4.78 is 0. The van der Waals surface area contributed by atoms with E-state index in [-0.39, 0.29) is 17.9 Å². The fraction of sp³-hybridized carbons (Fsp3) is 0.323. The standard InChI is InChI=1S/C31H38N6O2/c1-22(26-11-6-9-24-8-4-5-10-27(24)26)35-31(39)28(12-7-19-37(2)3)36-30(38)25-15-13-23(14-16-25)20-32-21-29-33-17-18-34-29/h4-6,8-11,13-18,22,28,32H,7,12,19-21H2,1-3H3,(H,33,34)(H,35,39)(H,36,38)/t22?,28-/m0/s1. The third-order valence-electron chi connectivity index (χ3n) is 6.76. The Morgan fingerprint density at radius 3 is 2.46 bits per heavy atom. The number of nitrogens with zero attached hydrogens (tertiary/aromatic N) is 2. The van der Waals surface area contributed by atoms with Crippen molar-refractivity contribution in [3.63, 3.8) is 0 Å². The van der Waals surface area contributed by atoms with Crippen LogP contribution in [0.25, 0.3) is 10.8 Å². The van der Waals surface area contributed by atoms with E-state index in [4.69, 9.17) is 0 Å². The van der Waals surface area contributed by atoms with Crippen molar-refractivity contribution in [3.8, 4) is 0 Å². The summed E-state index contributed by atoms with van der Waals surface area (Å²) in [5.74, 6) is 0.438. The van der Waals surface area contributed by atoms with Crippen LogP contribution in [0.5, 0.6) is 0 Å². The number of benzene rings is 3. The van der Waals surface area contributed by atoms with Crippen LogP contribution in [0.1, 0.15) is 53.1 Å². The Morgan fingerprint density at radius 2 is 1.72 bits per heavy atom. The SMILES string of the molecule is CC(NC(=O)[C@H](CCCN(C)C)NC(=O)c1ccc(CNCc2ncc[nH]2)cc1)c1cccc2ccccc12. The molecule has 0 saturated carbocycles. The summed E-state index contributed by atoms with van der Waals surface area (Å²) in [6, 6.07) is 20.9. The first-order chi connectivity index (χ1) is 18.9. The fourth-order valence-electron chi connectivity index (χ4n) is 4.64. The van der Waals surface area contributed by atoms with Gasteiger partial charge in [-0.25, -0.2) is 4.98 Å². The molecular weight excluding hydrogens is 488 g/mol. The molecule has 2 amide bonds. The Bertz CT molecular complexity index is 1350. The average Bonchev–Trinajstić information content (AvgIpc) is 3.46. The normalized spacial score (nSPS) is 12.8. The Labute approximate surface area is 230 Å². The van der Waals surface area contributed by atoms with Crippen LogP contribution in [0.3, 0.4) is 0 Å². The number of rotatable bonds is 13. The van der Waals surface area contributed by atoms with Crippen molar-refractivity contribution in [1.82, 2.24) is 30.8 Å². The number of fused-ring (bicyclic) bond motifs is 1. The van der Waals surface area contributed by atoms with Gasteiger partial charge in [0.05, 0.1) is 12.6 Å². The number of carbonyl (C=O) groups is 2. The topological polar surface area (TPSA) is 102 Å². The summed E-state index contributed by atoms with van der Waals surface area (Å²) in [7, 11) is 4.00. The van der Waals surface area contributed by atoms with Gasteiger partial charge in [0.2, 0.25) is 5.91 Å². The third-order valence-corrected chi connectivity index (χ3v) is 6.76. The monoisotopic (exact) mass is 526 g/mol. The Kier molecular flexibility index (Phi) is 9.83. The van der Waals surface area contributed by atoms with Crippen LogP contribution in [-0.4, -0.2) is 53.4 Å². The molecule has 0 aliphatic rings. The van der Waals surface area contributed by atoms with E-state index in [2.05, 4.69) is 49.0 Å². The van der Waals surface area contributed by atoms with Crippen molar-refractivity contribution in [3.05, 3.63) is 102 Å². The van der Waals surface area contributed by atoms with Gasteiger partial charge in [-0.05, 0) is 74.4 Å². The van der Waals surface area contributed by atoms with Gasteiger partial charge in [-0.3, -0.25) is 9.59 Å². The van der Waals surface area contributed by atoms with Gasteiger partial charge >= 0.3 is 0 Å². The van der Waals surface area contributed by atoms with E-state index in [1.807, 2.05) is 57.4 Å². The van der Waals surface area contributed by atoms with Crippen molar-refractivity contribution >= 4 is 22.6 Å². The zero-order valence-electron chi connectivity index (χ0n) is 22.9. The molecule has 0 fully saturated rings. The number of amides is 2. The summed E-state index contributed by atoms with van der Waals surface area (Å²) in [5, 5.41) is 11.7. The zero-order valence-corrected chi connectivity index (χ0v) is 22.9. The molecule has 0 aliphatic carbocycles. The Balaban J connectivity index is 1.39. The predicted octanol–water partition coefficient (Wildman–Crippen LogP) is 4.17. The van der Waals surface area contributed by atoms with E-state index in [1.165, 1.54) is 0 Å². The molecule has 4 N–H and O–H groups in total. The summed E-state index contributed by atoms with van der Waals surface area (Å²) in [6.07, 6.45) is 4.85. The van der Waals surface area contributed by atoms with Crippen LogP contribution in [0.4, 0.5) is 0 Å². The van der Waals surface area contributed by atoms with E-state index >= 15 is 0 Å². The van der Waals surface area contributed by atoms with Crippen molar-refractivity contribution in [2.45, 2.75) is 44.9 Å². The van der Waals surface area contributed by atoms with Gasteiger partial charge in [0.1, 0.15) is 11.9 Å². The molecule has 1 unspecified atom stereocenters. The molecular formula is C31H38N6O2. The van der Waals surface area contributed by atoms with E-state index < -0.39 is 6.04 Å². The maximum absolute atomic E-state index is 13.4. The highest BCUT2D eigenvalue weighted by molar-refractivity contribution is 5.97. The second kappa shape index (κ2) is 13.7. The maximum atomic E-state index is 13.4.